The van der Waals surface area contributed by atoms with Crippen LogP contribution in [0.2, 0.25) is 0 Å². The van der Waals surface area contributed by atoms with Crippen LogP contribution in [0.3, 0.4) is 0 Å². The average molecular weight is 282 g/mol. The first-order valence-corrected chi connectivity index (χ1v) is 5.72. The molecule has 16 heavy (non-hydrogen) atoms. The maximum atomic E-state index is 10.5. The van der Waals surface area contributed by atoms with Crippen LogP contribution in [0.5, 0.6) is 0 Å². The zero-order valence-electron chi connectivity index (χ0n) is 8.22. The minimum absolute atomic E-state index is 0.0796. The summed E-state index contributed by atoms with van der Waals surface area (Å²) in [5.74, 6) is 1.54. The molecule has 0 radical (unpaired) electrons. The van der Waals surface area contributed by atoms with Gasteiger partial charge >= 0.3 is 0 Å². The Morgan fingerprint density at radius 3 is 2.38 bits per heavy atom. The van der Waals surface area contributed by atoms with Crippen molar-refractivity contribution in [3.63, 3.8) is 0 Å². The molecule has 82 valence electrons. The molecule has 0 amide bonds. The number of hydrogen-bond donors (Lipinski definition) is 0. The number of benzene rings is 1. The molecular formula is C11H8BrNO3. The van der Waals surface area contributed by atoms with Gasteiger partial charge in [-0.1, -0.05) is 15.9 Å². The van der Waals surface area contributed by atoms with Crippen molar-refractivity contribution in [2.45, 2.75) is 5.33 Å². The van der Waals surface area contributed by atoms with Crippen molar-refractivity contribution in [1.29, 1.82) is 0 Å². The summed E-state index contributed by atoms with van der Waals surface area (Å²) in [6, 6.07) is 9.99. The molecule has 4 nitrogen and oxygen atoms in total. The van der Waals surface area contributed by atoms with Gasteiger partial charge in [-0.25, -0.2) is 0 Å². The summed E-state index contributed by atoms with van der Waals surface area (Å²) in [5, 5.41) is 11.1. The summed E-state index contributed by atoms with van der Waals surface area (Å²) in [4.78, 5) is 10.1. The van der Waals surface area contributed by atoms with Gasteiger partial charge in [0, 0.05) is 17.7 Å². The number of nitrogens with zero attached hydrogens (tertiary/aromatic N) is 1. The summed E-state index contributed by atoms with van der Waals surface area (Å²) in [5.41, 5.74) is 0.911. The van der Waals surface area contributed by atoms with Crippen LogP contribution in [-0.2, 0) is 5.33 Å². The van der Waals surface area contributed by atoms with Gasteiger partial charge in [0.2, 0.25) is 0 Å². The van der Waals surface area contributed by atoms with Gasteiger partial charge in [-0.05, 0) is 24.3 Å². The van der Waals surface area contributed by atoms with Crippen molar-refractivity contribution in [2.75, 3.05) is 0 Å². The van der Waals surface area contributed by atoms with Crippen molar-refractivity contribution in [1.82, 2.24) is 0 Å². The molecule has 0 saturated heterocycles. The van der Waals surface area contributed by atoms with Crippen LogP contribution in [-0.4, -0.2) is 4.92 Å². The van der Waals surface area contributed by atoms with E-state index in [9.17, 15) is 10.1 Å². The third-order valence-electron chi connectivity index (χ3n) is 2.16. The van der Waals surface area contributed by atoms with Crippen molar-refractivity contribution in [2.24, 2.45) is 0 Å². The van der Waals surface area contributed by atoms with E-state index in [0.717, 1.165) is 11.3 Å². The molecule has 0 atom stereocenters. The van der Waals surface area contributed by atoms with E-state index >= 15 is 0 Å². The number of halogens is 1. The topological polar surface area (TPSA) is 56.3 Å². The summed E-state index contributed by atoms with van der Waals surface area (Å²) in [6.45, 7) is 0. The first-order valence-electron chi connectivity index (χ1n) is 4.60. The highest BCUT2D eigenvalue weighted by Gasteiger charge is 2.07. The fraction of sp³-hybridized carbons (Fsp3) is 0.0909. The molecule has 1 aromatic heterocycles. The number of non-ortho nitro benzene ring substituents is 1. The van der Waals surface area contributed by atoms with Crippen LogP contribution < -0.4 is 0 Å². The molecule has 0 aliphatic heterocycles. The molecule has 0 unspecified atom stereocenters. The number of hydrogen-bond acceptors (Lipinski definition) is 3. The third-order valence-corrected chi connectivity index (χ3v) is 2.71. The van der Waals surface area contributed by atoms with E-state index in [1.807, 2.05) is 12.1 Å². The van der Waals surface area contributed by atoms with Gasteiger partial charge in [0.05, 0.1) is 10.3 Å². The molecule has 2 aromatic rings. The Bertz CT molecular complexity index is 504. The van der Waals surface area contributed by atoms with Gasteiger partial charge in [-0.3, -0.25) is 10.1 Å². The summed E-state index contributed by atoms with van der Waals surface area (Å²) >= 11 is 3.29. The first kappa shape index (κ1) is 10.9. The highest BCUT2D eigenvalue weighted by atomic mass is 79.9. The maximum absolute atomic E-state index is 10.5. The molecule has 0 fully saturated rings. The molecular weight excluding hydrogens is 274 g/mol. The zero-order chi connectivity index (χ0) is 11.5. The number of furan rings is 1. The lowest BCUT2D eigenvalue weighted by Crippen LogP contribution is -1.86. The summed E-state index contributed by atoms with van der Waals surface area (Å²) < 4.78 is 5.50. The van der Waals surface area contributed by atoms with Gasteiger partial charge in [-0.15, -0.1) is 0 Å². The Morgan fingerprint density at radius 1 is 1.19 bits per heavy atom. The van der Waals surface area contributed by atoms with E-state index < -0.39 is 4.92 Å². The van der Waals surface area contributed by atoms with Gasteiger partial charge in [0.25, 0.3) is 5.69 Å². The maximum Gasteiger partial charge on any atom is 0.269 e. The van der Waals surface area contributed by atoms with E-state index in [1.165, 1.54) is 12.1 Å². The van der Waals surface area contributed by atoms with E-state index in [0.29, 0.717) is 11.1 Å². The van der Waals surface area contributed by atoms with Crippen molar-refractivity contribution in [3.8, 4) is 11.3 Å². The first-order chi connectivity index (χ1) is 7.70. The van der Waals surface area contributed by atoms with Gasteiger partial charge in [0.1, 0.15) is 11.5 Å². The largest absolute Gasteiger partial charge is 0.460 e. The predicted molar refractivity (Wildman–Crippen MR) is 63.4 cm³/mol. The summed E-state index contributed by atoms with van der Waals surface area (Å²) in [7, 11) is 0. The zero-order valence-corrected chi connectivity index (χ0v) is 9.81. The number of nitro groups is 1. The third kappa shape index (κ3) is 2.14. The minimum atomic E-state index is -0.421. The highest BCUT2D eigenvalue weighted by molar-refractivity contribution is 9.08. The normalized spacial score (nSPS) is 10.3. The quantitative estimate of drug-likeness (QED) is 0.489. The van der Waals surface area contributed by atoms with Crippen LogP contribution in [0.1, 0.15) is 5.76 Å². The van der Waals surface area contributed by atoms with E-state index in [1.54, 1.807) is 12.1 Å². The molecule has 0 bridgehead atoms. The second-order valence-electron chi connectivity index (χ2n) is 3.20. The van der Waals surface area contributed by atoms with Crippen LogP contribution in [0, 0.1) is 10.1 Å². The van der Waals surface area contributed by atoms with Crippen molar-refractivity contribution < 1.29 is 9.34 Å². The minimum Gasteiger partial charge on any atom is -0.460 e. The molecule has 1 aromatic carbocycles. The Balaban J connectivity index is 2.30. The lowest BCUT2D eigenvalue weighted by molar-refractivity contribution is -0.384. The molecule has 5 heteroatoms. The Kier molecular flexibility index (Phi) is 3.05. The second-order valence-corrected chi connectivity index (χ2v) is 3.76. The summed E-state index contributed by atoms with van der Waals surface area (Å²) in [6.07, 6.45) is 0. The smallest absolute Gasteiger partial charge is 0.269 e. The van der Waals surface area contributed by atoms with Crippen LogP contribution >= 0.6 is 15.9 Å². The lowest BCUT2D eigenvalue weighted by atomic mass is 10.1. The monoisotopic (exact) mass is 281 g/mol. The molecule has 0 spiro atoms. The molecule has 0 aliphatic carbocycles. The van der Waals surface area contributed by atoms with E-state index in [4.69, 9.17) is 4.42 Å². The molecule has 0 N–H and O–H groups in total. The number of nitro benzene ring substituents is 1. The molecule has 0 saturated carbocycles. The molecule has 0 aliphatic rings. The highest BCUT2D eigenvalue weighted by Crippen LogP contribution is 2.25. The van der Waals surface area contributed by atoms with Crippen LogP contribution in [0.15, 0.2) is 40.8 Å². The molecule has 2 rings (SSSR count). The second kappa shape index (κ2) is 4.49. The van der Waals surface area contributed by atoms with E-state index in [-0.39, 0.29) is 5.69 Å². The van der Waals surface area contributed by atoms with E-state index in [2.05, 4.69) is 15.9 Å². The SMILES string of the molecule is O=[N+]([O-])c1ccc(-c2ccc(CBr)o2)cc1. The Labute approximate surface area is 100 Å². The van der Waals surface area contributed by atoms with Gasteiger partial charge < -0.3 is 4.42 Å². The lowest BCUT2D eigenvalue weighted by Gasteiger charge is -1.96. The fourth-order valence-corrected chi connectivity index (χ4v) is 1.65. The Morgan fingerprint density at radius 2 is 1.88 bits per heavy atom. The Hall–Kier alpha value is -1.62. The van der Waals surface area contributed by atoms with Gasteiger partial charge in [0.15, 0.2) is 0 Å². The van der Waals surface area contributed by atoms with Crippen LogP contribution in [0.4, 0.5) is 5.69 Å². The number of alkyl halides is 1. The fourth-order valence-electron chi connectivity index (χ4n) is 1.35. The van der Waals surface area contributed by atoms with Crippen molar-refractivity contribution in [3.05, 3.63) is 52.3 Å². The predicted octanol–water partition coefficient (Wildman–Crippen LogP) is 3.75. The van der Waals surface area contributed by atoms with Crippen molar-refractivity contribution >= 4 is 21.6 Å². The molecule has 1 heterocycles. The standard InChI is InChI=1S/C11H8BrNO3/c12-7-10-5-6-11(16-10)8-1-3-9(4-2-8)13(14)15/h1-6H,7H2. The number of rotatable bonds is 3. The van der Waals surface area contributed by atoms with Crippen LogP contribution in [0.25, 0.3) is 11.3 Å². The van der Waals surface area contributed by atoms with Gasteiger partial charge in [-0.2, -0.15) is 0 Å². The average Bonchev–Trinajstić information content (AvgIpc) is 2.77.